The van der Waals surface area contributed by atoms with Gasteiger partial charge in [-0.15, -0.1) is 5.10 Å². The Kier molecular flexibility index (Phi) is 1.96. The van der Waals surface area contributed by atoms with Crippen molar-refractivity contribution in [3.05, 3.63) is 29.5 Å². The first-order chi connectivity index (χ1) is 7.77. The Morgan fingerprint density at radius 1 is 1.38 bits per heavy atom. The average Bonchev–Trinajstić information content (AvgIpc) is 2.88. The van der Waals surface area contributed by atoms with Gasteiger partial charge in [0, 0.05) is 24.8 Å². The van der Waals surface area contributed by atoms with E-state index in [1.807, 2.05) is 17.9 Å². The molecule has 1 aliphatic heterocycles. The van der Waals surface area contributed by atoms with Crippen LogP contribution in [0.3, 0.4) is 0 Å². The number of aryl methyl sites for hydroxylation is 2. The van der Waals surface area contributed by atoms with Crippen molar-refractivity contribution < 1.29 is 0 Å². The molecule has 2 aromatic rings. The Morgan fingerprint density at radius 3 is 3.00 bits per heavy atom. The van der Waals surface area contributed by atoms with E-state index in [1.165, 1.54) is 22.4 Å². The highest BCUT2D eigenvalue weighted by atomic mass is 15.4. The maximum absolute atomic E-state index is 3.99. The van der Waals surface area contributed by atoms with Crippen molar-refractivity contribution in [1.29, 1.82) is 0 Å². The highest BCUT2D eigenvalue weighted by Gasteiger charge is 2.18. The third-order valence-electron chi connectivity index (χ3n) is 3.19. The maximum atomic E-state index is 3.99. The van der Waals surface area contributed by atoms with Gasteiger partial charge < -0.3 is 5.32 Å². The second-order valence-corrected chi connectivity index (χ2v) is 4.20. The molecule has 0 bridgehead atoms. The van der Waals surface area contributed by atoms with Crippen LogP contribution in [0.5, 0.6) is 0 Å². The van der Waals surface area contributed by atoms with Crippen LogP contribution in [0.25, 0.3) is 11.3 Å². The summed E-state index contributed by atoms with van der Waals surface area (Å²) in [5.41, 5.74) is 6.33. The van der Waals surface area contributed by atoms with Gasteiger partial charge in [0.2, 0.25) is 0 Å². The number of rotatable bonds is 1. The van der Waals surface area contributed by atoms with Crippen molar-refractivity contribution in [2.24, 2.45) is 7.05 Å². The second-order valence-electron chi connectivity index (χ2n) is 4.20. The molecule has 0 unspecified atom stereocenters. The number of aromatic nitrogens is 3. The number of hydrogen-bond donors (Lipinski definition) is 1. The fourth-order valence-corrected chi connectivity index (χ4v) is 2.36. The van der Waals surface area contributed by atoms with Crippen LogP contribution in [0.15, 0.2) is 18.3 Å². The molecule has 0 aliphatic carbocycles. The molecule has 82 valence electrons. The SMILES string of the molecule is Cc1ccc(-c2cnnn2C)c2c1NCC2. The molecule has 0 saturated carbocycles. The van der Waals surface area contributed by atoms with Gasteiger partial charge in [-0.1, -0.05) is 17.3 Å². The number of anilines is 1. The van der Waals surface area contributed by atoms with E-state index in [2.05, 4.69) is 34.7 Å². The van der Waals surface area contributed by atoms with Gasteiger partial charge in [-0.25, -0.2) is 4.68 Å². The van der Waals surface area contributed by atoms with Gasteiger partial charge in [0.1, 0.15) is 0 Å². The van der Waals surface area contributed by atoms with Crippen LogP contribution in [0.4, 0.5) is 5.69 Å². The summed E-state index contributed by atoms with van der Waals surface area (Å²) in [6.07, 6.45) is 2.90. The van der Waals surface area contributed by atoms with Gasteiger partial charge in [-0.2, -0.15) is 0 Å². The summed E-state index contributed by atoms with van der Waals surface area (Å²) in [4.78, 5) is 0. The number of nitrogens with one attached hydrogen (secondary N) is 1. The molecular formula is C12H14N4. The smallest absolute Gasteiger partial charge is 0.0885 e. The molecule has 3 rings (SSSR count). The summed E-state index contributed by atoms with van der Waals surface area (Å²) < 4.78 is 1.82. The minimum absolute atomic E-state index is 1.03. The number of hydrogen-bond acceptors (Lipinski definition) is 3. The highest BCUT2D eigenvalue weighted by Crippen LogP contribution is 2.34. The first-order valence-corrected chi connectivity index (χ1v) is 5.49. The zero-order valence-corrected chi connectivity index (χ0v) is 9.49. The molecule has 0 radical (unpaired) electrons. The van der Waals surface area contributed by atoms with E-state index < -0.39 is 0 Å². The van der Waals surface area contributed by atoms with Gasteiger partial charge in [0.15, 0.2) is 0 Å². The van der Waals surface area contributed by atoms with Crippen molar-refractivity contribution in [2.45, 2.75) is 13.3 Å². The van der Waals surface area contributed by atoms with E-state index in [9.17, 15) is 0 Å². The van der Waals surface area contributed by atoms with Crippen molar-refractivity contribution in [1.82, 2.24) is 15.0 Å². The lowest BCUT2D eigenvalue weighted by atomic mass is 9.99. The summed E-state index contributed by atoms with van der Waals surface area (Å²) in [6.45, 7) is 3.17. The fourth-order valence-electron chi connectivity index (χ4n) is 2.36. The fraction of sp³-hybridized carbons (Fsp3) is 0.333. The maximum Gasteiger partial charge on any atom is 0.0885 e. The third kappa shape index (κ3) is 1.23. The van der Waals surface area contributed by atoms with Crippen molar-refractivity contribution in [3.8, 4) is 11.3 Å². The summed E-state index contributed by atoms with van der Waals surface area (Å²) in [5, 5.41) is 11.4. The lowest BCUT2D eigenvalue weighted by Gasteiger charge is -2.10. The largest absolute Gasteiger partial charge is 0.384 e. The predicted molar refractivity (Wildman–Crippen MR) is 63.4 cm³/mol. The van der Waals surface area contributed by atoms with Crippen LogP contribution >= 0.6 is 0 Å². The molecular weight excluding hydrogens is 200 g/mol. The average molecular weight is 214 g/mol. The van der Waals surface area contributed by atoms with Crippen LogP contribution in [0, 0.1) is 6.92 Å². The molecule has 0 amide bonds. The van der Waals surface area contributed by atoms with Gasteiger partial charge in [0.25, 0.3) is 0 Å². The molecule has 1 aromatic carbocycles. The van der Waals surface area contributed by atoms with Crippen LogP contribution in [0.1, 0.15) is 11.1 Å². The Balaban J connectivity index is 2.23. The van der Waals surface area contributed by atoms with Crippen LogP contribution < -0.4 is 5.32 Å². The number of benzene rings is 1. The highest BCUT2D eigenvalue weighted by molar-refractivity contribution is 5.75. The summed E-state index contributed by atoms with van der Waals surface area (Å²) in [5.74, 6) is 0. The topological polar surface area (TPSA) is 42.7 Å². The third-order valence-corrected chi connectivity index (χ3v) is 3.19. The molecule has 1 aliphatic rings. The molecule has 0 saturated heterocycles. The molecule has 0 atom stereocenters. The molecule has 1 aromatic heterocycles. The summed E-state index contributed by atoms with van der Waals surface area (Å²) >= 11 is 0. The van der Waals surface area contributed by atoms with Crippen molar-refractivity contribution >= 4 is 5.69 Å². The Labute approximate surface area is 94.3 Å². The lowest BCUT2D eigenvalue weighted by molar-refractivity contribution is 0.720. The van der Waals surface area contributed by atoms with E-state index in [0.717, 1.165) is 18.7 Å². The summed E-state index contributed by atoms with van der Waals surface area (Å²) in [7, 11) is 1.93. The quantitative estimate of drug-likeness (QED) is 0.786. The van der Waals surface area contributed by atoms with E-state index in [1.54, 1.807) is 0 Å². The Hall–Kier alpha value is -1.84. The Bertz CT molecular complexity index is 542. The van der Waals surface area contributed by atoms with E-state index >= 15 is 0 Å². The molecule has 0 fully saturated rings. The zero-order chi connectivity index (χ0) is 11.1. The minimum Gasteiger partial charge on any atom is -0.384 e. The van der Waals surface area contributed by atoms with Gasteiger partial charge >= 0.3 is 0 Å². The number of fused-ring (bicyclic) bond motifs is 1. The molecule has 4 heteroatoms. The standard InChI is InChI=1S/C12H14N4/c1-8-3-4-9(10-5-6-13-12(8)10)11-7-14-15-16(11)2/h3-4,7,13H,5-6H2,1-2H3. The first-order valence-electron chi connectivity index (χ1n) is 5.49. The van der Waals surface area contributed by atoms with Crippen LogP contribution in [0.2, 0.25) is 0 Å². The summed E-state index contributed by atoms with van der Waals surface area (Å²) in [6, 6.07) is 4.32. The van der Waals surface area contributed by atoms with Crippen molar-refractivity contribution in [3.63, 3.8) is 0 Å². The molecule has 4 nitrogen and oxygen atoms in total. The predicted octanol–water partition coefficient (Wildman–Crippen LogP) is 1.76. The molecule has 1 N–H and O–H groups in total. The van der Waals surface area contributed by atoms with E-state index in [-0.39, 0.29) is 0 Å². The van der Waals surface area contributed by atoms with Crippen LogP contribution in [-0.4, -0.2) is 21.5 Å². The second kappa shape index (κ2) is 3.33. The lowest BCUT2D eigenvalue weighted by Crippen LogP contribution is -1.97. The van der Waals surface area contributed by atoms with Gasteiger partial charge in [-0.3, -0.25) is 0 Å². The van der Waals surface area contributed by atoms with Crippen LogP contribution in [-0.2, 0) is 13.5 Å². The normalized spacial score (nSPS) is 13.6. The number of nitrogens with zero attached hydrogens (tertiary/aromatic N) is 3. The molecule has 16 heavy (non-hydrogen) atoms. The van der Waals surface area contributed by atoms with E-state index in [0.29, 0.717) is 0 Å². The van der Waals surface area contributed by atoms with Gasteiger partial charge in [-0.05, 0) is 24.5 Å². The van der Waals surface area contributed by atoms with Crippen molar-refractivity contribution in [2.75, 3.05) is 11.9 Å². The molecule has 0 spiro atoms. The van der Waals surface area contributed by atoms with E-state index in [4.69, 9.17) is 0 Å². The first kappa shape index (κ1) is 9.39. The monoisotopic (exact) mass is 214 g/mol. The molecule has 2 heterocycles. The minimum atomic E-state index is 1.03. The van der Waals surface area contributed by atoms with Gasteiger partial charge in [0.05, 0.1) is 11.9 Å². The Morgan fingerprint density at radius 2 is 2.25 bits per heavy atom. The zero-order valence-electron chi connectivity index (χ0n) is 9.49.